The third-order valence-electron chi connectivity index (χ3n) is 1.70. The summed E-state index contributed by atoms with van der Waals surface area (Å²) in [5.74, 6) is 0.266. The highest BCUT2D eigenvalue weighted by atomic mass is 19.1. The molecule has 0 unspecified atom stereocenters. The predicted molar refractivity (Wildman–Crippen MR) is 47.1 cm³/mol. The molecule has 0 spiro atoms. The van der Waals surface area contributed by atoms with Gasteiger partial charge in [0.05, 0.1) is 0 Å². The van der Waals surface area contributed by atoms with Crippen molar-refractivity contribution in [1.29, 1.82) is 0 Å². The summed E-state index contributed by atoms with van der Waals surface area (Å²) < 4.78 is 17.9. The Morgan fingerprint density at radius 2 is 1.92 bits per heavy atom. The van der Waals surface area contributed by atoms with Crippen LogP contribution in [-0.2, 0) is 4.79 Å². The highest BCUT2D eigenvalue weighted by Gasteiger charge is 2.05. The van der Waals surface area contributed by atoms with Crippen LogP contribution < -0.4 is 4.74 Å². The Bertz CT molecular complexity index is 298. The lowest BCUT2D eigenvalue weighted by atomic mass is 10.1. The molecule has 1 aromatic rings. The van der Waals surface area contributed by atoms with Crippen LogP contribution in [0, 0.1) is 19.7 Å². The Morgan fingerprint density at radius 3 is 2.38 bits per heavy atom. The Balaban J connectivity index is 2.98. The fourth-order valence-corrected chi connectivity index (χ4v) is 1.23. The minimum Gasteiger partial charge on any atom is -0.485 e. The van der Waals surface area contributed by atoms with Gasteiger partial charge in [-0.3, -0.25) is 4.79 Å². The SMILES string of the molecule is Cc1cc(F)cc(C)c1OC[C]=O. The third kappa shape index (κ3) is 2.28. The van der Waals surface area contributed by atoms with Crippen LogP contribution in [0.2, 0.25) is 0 Å². The number of hydrogen-bond donors (Lipinski definition) is 0. The molecule has 0 aliphatic heterocycles. The smallest absolute Gasteiger partial charge is 0.239 e. The van der Waals surface area contributed by atoms with Crippen LogP contribution in [0.15, 0.2) is 12.1 Å². The average molecular weight is 181 g/mol. The van der Waals surface area contributed by atoms with Crippen LogP contribution >= 0.6 is 0 Å². The van der Waals surface area contributed by atoms with Crippen molar-refractivity contribution in [3.63, 3.8) is 0 Å². The van der Waals surface area contributed by atoms with Crippen LogP contribution in [0.25, 0.3) is 0 Å². The maximum absolute atomic E-state index is 12.8. The number of hydrogen-bond acceptors (Lipinski definition) is 2. The zero-order chi connectivity index (χ0) is 9.84. The van der Waals surface area contributed by atoms with E-state index in [1.807, 2.05) is 0 Å². The van der Waals surface area contributed by atoms with Gasteiger partial charge in [-0.2, -0.15) is 0 Å². The van der Waals surface area contributed by atoms with Gasteiger partial charge < -0.3 is 4.74 Å². The van der Waals surface area contributed by atoms with E-state index in [1.165, 1.54) is 12.1 Å². The summed E-state index contributed by atoms with van der Waals surface area (Å²) in [5.41, 5.74) is 1.38. The van der Waals surface area contributed by atoms with E-state index < -0.39 is 0 Å². The van der Waals surface area contributed by atoms with Gasteiger partial charge >= 0.3 is 0 Å². The molecule has 0 bridgehead atoms. The maximum atomic E-state index is 12.8. The van der Waals surface area contributed by atoms with E-state index in [2.05, 4.69) is 0 Å². The van der Waals surface area contributed by atoms with Gasteiger partial charge in [0.1, 0.15) is 11.6 Å². The van der Waals surface area contributed by atoms with Gasteiger partial charge in [-0.1, -0.05) is 0 Å². The minimum absolute atomic E-state index is 0.118. The fraction of sp³-hybridized carbons (Fsp3) is 0.300. The van der Waals surface area contributed by atoms with Gasteiger partial charge in [0, 0.05) is 0 Å². The zero-order valence-electron chi connectivity index (χ0n) is 7.56. The lowest BCUT2D eigenvalue weighted by Crippen LogP contribution is -2.01. The topological polar surface area (TPSA) is 26.3 Å². The number of benzene rings is 1. The molecule has 0 saturated carbocycles. The predicted octanol–water partition coefficient (Wildman–Crippen LogP) is 1.93. The quantitative estimate of drug-likeness (QED) is 0.712. The van der Waals surface area contributed by atoms with Crippen molar-refractivity contribution in [1.82, 2.24) is 0 Å². The number of carbonyl (C=O) groups excluding carboxylic acids is 1. The Hall–Kier alpha value is -1.38. The normalized spacial score (nSPS) is 9.77. The molecule has 0 aliphatic rings. The molecular weight excluding hydrogens is 171 g/mol. The highest BCUT2D eigenvalue weighted by molar-refractivity contribution is 5.53. The van der Waals surface area contributed by atoms with Crippen LogP contribution in [-0.4, -0.2) is 12.9 Å². The Labute approximate surface area is 76.3 Å². The molecule has 1 aromatic carbocycles. The molecule has 0 saturated heterocycles. The lowest BCUT2D eigenvalue weighted by Gasteiger charge is -2.09. The highest BCUT2D eigenvalue weighted by Crippen LogP contribution is 2.23. The summed E-state index contributed by atoms with van der Waals surface area (Å²) in [5, 5.41) is 0. The first kappa shape index (κ1) is 9.71. The van der Waals surface area contributed by atoms with Crippen molar-refractivity contribution in [2.24, 2.45) is 0 Å². The number of rotatable bonds is 3. The number of aryl methyl sites for hydroxylation is 2. The monoisotopic (exact) mass is 181 g/mol. The second kappa shape index (κ2) is 4.03. The van der Waals surface area contributed by atoms with E-state index in [4.69, 9.17) is 4.74 Å². The lowest BCUT2D eigenvalue weighted by molar-refractivity contribution is 0.359. The molecule has 13 heavy (non-hydrogen) atoms. The molecule has 0 N–H and O–H groups in total. The summed E-state index contributed by atoms with van der Waals surface area (Å²) in [6, 6.07) is 2.74. The van der Waals surface area contributed by atoms with E-state index in [0.717, 1.165) is 0 Å². The van der Waals surface area contributed by atoms with Gasteiger partial charge in [-0.25, -0.2) is 4.39 Å². The Morgan fingerprint density at radius 1 is 1.38 bits per heavy atom. The van der Waals surface area contributed by atoms with Crippen LogP contribution in [0.4, 0.5) is 4.39 Å². The van der Waals surface area contributed by atoms with Gasteiger partial charge in [0.2, 0.25) is 6.29 Å². The van der Waals surface area contributed by atoms with Crippen molar-refractivity contribution < 1.29 is 13.9 Å². The molecule has 0 fully saturated rings. The maximum Gasteiger partial charge on any atom is 0.239 e. The van der Waals surface area contributed by atoms with Gasteiger partial charge in [-0.05, 0) is 37.1 Å². The molecular formula is C10H10FO2. The van der Waals surface area contributed by atoms with E-state index in [-0.39, 0.29) is 12.4 Å². The molecule has 0 heterocycles. The van der Waals surface area contributed by atoms with Crippen LogP contribution in [0.3, 0.4) is 0 Å². The van der Waals surface area contributed by atoms with Crippen LogP contribution in [0.5, 0.6) is 5.75 Å². The molecule has 3 heteroatoms. The van der Waals surface area contributed by atoms with E-state index in [0.29, 0.717) is 16.9 Å². The zero-order valence-corrected chi connectivity index (χ0v) is 7.56. The van der Waals surface area contributed by atoms with Crippen molar-refractivity contribution in [3.8, 4) is 5.75 Å². The molecule has 0 aliphatic carbocycles. The van der Waals surface area contributed by atoms with Gasteiger partial charge in [0.25, 0.3) is 0 Å². The molecule has 2 nitrogen and oxygen atoms in total. The van der Waals surface area contributed by atoms with Crippen molar-refractivity contribution in [2.45, 2.75) is 13.8 Å². The first-order valence-corrected chi connectivity index (χ1v) is 3.89. The van der Waals surface area contributed by atoms with Crippen molar-refractivity contribution >= 4 is 6.29 Å². The summed E-state index contributed by atoms with van der Waals surface area (Å²) in [7, 11) is 0. The molecule has 1 rings (SSSR count). The van der Waals surface area contributed by atoms with Crippen molar-refractivity contribution in [2.75, 3.05) is 6.61 Å². The van der Waals surface area contributed by atoms with Gasteiger partial charge in [0.15, 0.2) is 6.61 Å². The van der Waals surface area contributed by atoms with Crippen molar-refractivity contribution in [3.05, 3.63) is 29.1 Å². The minimum atomic E-state index is -0.294. The summed E-state index contributed by atoms with van der Waals surface area (Å²) in [6.45, 7) is 3.35. The standard InChI is InChI=1S/C10H10FO2/c1-7-5-9(11)6-8(2)10(7)13-4-3-12/h5-6H,4H2,1-2H3. The molecule has 1 radical (unpaired) electrons. The fourth-order valence-electron chi connectivity index (χ4n) is 1.23. The second-order valence-electron chi connectivity index (χ2n) is 2.80. The van der Waals surface area contributed by atoms with E-state index in [9.17, 15) is 9.18 Å². The van der Waals surface area contributed by atoms with E-state index >= 15 is 0 Å². The molecule has 0 amide bonds. The summed E-state index contributed by atoms with van der Waals surface area (Å²) in [4.78, 5) is 9.94. The first-order chi connectivity index (χ1) is 6.15. The summed E-state index contributed by atoms with van der Waals surface area (Å²) >= 11 is 0. The molecule has 69 valence electrons. The van der Waals surface area contributed by atoms with Gasteiger partial charge in [-0.15, -0.1) is 0 Å². The van der Waals surface area contributed by atoms with E-state index in [1.54, 1.807) is 20.1 Å². The summed E-state index contributed by atoms with van der Waals surface area (Å²) in [6.07, 6.45) is 1.62. The molecule has 0 atom stereocenters. The first-order valence-electron chi connectivity index (χ1n) is 3.89. The average Bonchev–Trinajstić information content (AvgIpc) is 2.02. The van der Waals surface area contributed by atoms with Crippen LogP contribution in [0.1, 0.15) is 11.1 Å². The third-order valence-corrected chi connectivity index (χ3v) is 1.70. The second-order valence-corrected chi connectivity index (χ2v) is 2.80. The number of ether oxygens (including phenoxy) is 1. The Kier molecular flexibility index (Phi) is 3.01. The number of halogens is 1. The largest absolute Gasteiger partial charge is 0.485 e. The molecule has 0 aromatic heterocycles.